The van der Waals surface area contributed by atoms with Gasteiger partial charge in [0.15, 0.2) is 11.5 Å². The second-order valence-corrected chi connectivity index (χ2v) is 5.58. The Morgan fingerprint density at radius 1 is 1.26 bits per heavy atom. The Bertz CT molecular complexity index is 648. The fourth-order valence-electron chi connectivity index (χ4n) is 2.66. The summed E-state index contributed by atoms with van der Waals surface area (Å²) < 4.78 is 15.6. The molecule has 0 radical (unpaired) electrons. The summed E-state index contributed by atoms with van der Waals surface area (Å²) in [6, 6.07) is 5.67. The van der Waals surface area contributed by atoms with Gasteiger partial charge in [0.2, 0.25) is 5.91 Å². The van der Waals surface area contributed by atoms with Crippen LogP contribution in [-0.2, 0) is 19.7 Å². The van der Waals surface area contributed by atoms with Gasteiger partial charge in [-0.25, -0.2) is 4.79 Å². The molecule has 122 valence electrons. The first-order valence-electron chi connectivity index (χ1n) is 7.59. The minimum Gasteiger partial charge on any atom is -0.486 e. The topological polar surface area (TPSA) is 73.9 Å². The average Bonchev–Trinajstić information content (AvgIpc) is 3.39. The third-order valence-corrected chi connectivity index (χ3v) is 4.11. The average molecular weight is 317 g/mol. The number of hydrogen-bond acceptors (Lipinski definition) is 5. The summed E-state index contributed by atoms with van der Waals surface area (Å²) in [6.07, 6.45) is 4.48. The third kappa shape index (κ3) is 3.16. The van der Waals surface area contributed by atoms with Crippen molar-refractivity contribution >= 4 is 11.9 Å². The SMILES string of the molecule is COC(=O)/C=C/CNC(=O)C1(c2ccc3c(c2)OCCO3)CC1. The summed E-state index contributed by atoms with van der Waals surface area (Å²) in [5.41, 5.74) is 0.450. The van der Waals surface area contributed by atoms with Gasteiger partial charge in [-0.05, 0) is 30.5 Å². The van der Waals surface area contributed by atoms with Crippen molar-refractivity contribution in [3.63, 3.8) is 0 Å². The van der Waals surface area contributed by atoms with E-state index in [9.17, 15) is 9.59 Å². The highest BCUT2D eigenvalue weighted by Gasteiger charge is 2.51. The molecular formula is C17H19NO5. The van der Waals surface area contributed by atoms with Crippen LogP contribution < -0.4 is 14.8 Å². The third-order valence-electron chi connectivity index (χ3n) is 4.11. The van der Waals surface area contributed by atoms with E-state index in [1.807, 2.05) is 18.2 Å². The molecule has 0 saturated heterocycles. The number of carbonyl (C=O) groups excluding carboxylic acids is 2. The van der Waals surface area contributed by atoms with Crippen molar-refractivity contribution in [2.75, 3.05) is 26.9 Å². The van der Waals surface area contributed by atoms with Gasteiger partial charge in [0.25, 0.3) is 0 Å². The fourth-order valence-corrected chi connectivity index (χ4v) is 2.66. The van der Waals surface area contributed by atoms with Crippen LogP contribution in [-0.4, -0.2) is 38.7 Å². The van der Waals surface area contributed by atoms with Gasteiger partial charge in [0, 0.05) is 12.6 Å². The number of nitrogens with one attached hydrogen (secondary N) is 1. The maximum Gasteiger partial charge on any atom is 0.330 e. The van der Waals surface area contributed by atoms with E-state index < -0.39 is 11.4 Å². The van der Waals surface area contributed by atoms with Gasteiger partial charge in [-0.15, -0.1) is 0 Å². The van der Waals surface area contributed by atoms with Crippen LogP contribution in [0.4, 0.5) is 0 Å². The first-order valence-corrected chi connectivity index (χ1v) is 7.59. The molecule has 3 rings (SSSR count). The van der Waals surface area contributed by atoms with Crippen molar-refractivity contribution in [2.24, 2.45) is 0 Å². The Balaban J connectivity index is 1.66. The van der Waals surface area contributed by atoms with E-state index in [-0.39, 0.29) is 5.91 Å². The largest absolute Gasteiger partial charge is 0.486 e. The predicted molar refractivity (Wildman–Crippen MR) is 82.5 cm³/mol. The van der Waals surface area contributed by atoms with E-state index in [0.717, 1.165) is 24.2 Å². The zero-order valence-corrected chi connectivity index (χ0v) is 13.0. The van der Waals surface area contributed by atoms with E-state index >= 15 is 0 Å². The zero-order chi connectivity index (χ0) is 16.3. The second-order valence-electron chi connectivity index (χ2n) is 5.58. The van der Waals surface area contributed by atoms with E-state index in [1.54, 1.807) is 6.08 Å². The van der Waals surface area contributed by atoms with Crippen molar-refractivity contribution in [2.45, 2.75) is 18.3 Å². The minimum atomic E-state index is -0.491. The molecule has 1 heterocycles. The summed E-state index contributed by atoms with van der Waals surface area (Å²) in [5, 5.41) is 2.84. The molecule has 1 N–H and O–H groups in total. The van der Waals surface area contributed by atoms with E-state index in [1.165, 1.54) is 13.2 Å². The molecule has 6 nitrogen and oxygen atoms in total. The van der Waals surface area contributed by atoms with Gasteiger partial charge in [-0.2, -0.15) is 0 Å². The number of esters is 1. The Labute approximate surface area is 134 Å². The monoisotopic (exact) mass is 317 g/mol. The zero-order valence-electron chi connectivity index (χ0n) is 13.0. The van der Waals surface area contributed by atoms with Crippen molar-refractivity contribution in [3.05, 3.63) is 35.9 Å². The van der Waals surface area contributed by atoms with E-state index in [2.05, 4.69) is 10.1 Å². The molecule has 0 spiro atoms. The molecular weight excluding hydrogens is 298 g/mol. The first-order chi connectivity index (χ1) is 11.2. The maximum atomic E-state index is 12.5. The van der Waals surface area contributed by atoms with E-state index in [0.29, 0.717) is 25.5 Å². The molecule has 1 aromatic rings. The molecule has 1 saturated carbocycles. The van der Waals surface area contributed by atoms with Gasteiger partial charge in [-0.1, -0.05) is 12.1 Å². The van der Waals surface area contributed by atoms with Crippen molar-refractivity contribution in [3.8, 4) is 11.5 Å². The smallest absolute Gasteiger partial charge is 0.330 e. The first kappa shape index (κ1) is 15.4. The Hall–Kier alpha value is -2.50. The molecule has 23 heavy (non-hydrogen) atoms. The van der Waals surface area contributed by atoms with Gasteiger partial charge in [0.1, 0.15) is 13.2 Å². The fraction of sp³-hybridized carbons (Fsp3) is 0.412. The van der Waals surface area contributed by atoms with Crippen LogP contribution in [0.15, 0.2) is 30.4 Å². The highest BCUT2D eigenvalue weighted by Crippen LogP contribution is 2.50. The Kier molecular flexibility index (Phi) is 4.23. The van der Waals surface area contributed by atoms with Crippen LogP contribution in [0, 0.1) is 0 Å². The Morgan fingerprint density at radius 3 is 2.70 bits per heavy atom. The van der Waals surface area contributed by atoms with Crippen LogP contribution in [0.5, 0.6) is 11.5 Å². The van der Waals surface area contributed by atoms with Crippen LogP contribution in [0.3, 0.4) is 0 Å². The number of methoxy groups -OCH3 is 1. The lowest BCUT2D eigenvalue weighted by Gasteiger charge is -2.21. The standard InChI is InChI=1S/C17H19NO5/c1-21-15(19)3-2-8-18-16(20)17(6-7-17)12-4-5-13-14(11-12)23-10-9-22-13/h2-5,11H,6-10H2,1H3,(H,18,20)/b3-2+. The summed E-state index contributed by atoms with van der Waals surface area (Å²) in [6.45, 7) is 1.36. The summed E-state index contributed by atoms with van der Waals surface area (Å²) in [5.74, 6) is 0.937. The predicted octanol–water partition coefficient (Wildman–Crippen LogP) is 1.33. The molecule has 0 unspecified atom stereocenters. The molecule has 1 fully saturated rings. The molecule has 1 aliphatic heterocycles. The van der Waals surface area contributed by atoms with Crippen LogP contribution >= 0.6 is 0 Å². The molecule has 1 amide bonds. The van der Waals surface area contributed by atoms with E-state index in [4.69, 9.17) is 9.47 Å². The van der Waals surface area contributed by atoms with Gasteiger partial charge in [0.05, 0.1) is 12.5 Å². The lowest BCUT2D eigenvalue weighted by molar-refractivity contribution is -0.134. The highest BCUT2D eigenvalue weighted by molar-refractivity contribution is 5.91. The second kappa shape index (κ2) is 6.32. The van der Waals surface area contributed by atoms with Crippen LogP contribution in [0.1, 0.15) is 18.4 Å². The quantitative estimate of drug-likeness (QED) is 0.655. The van der Waals surface area contributed by atoms with Gasteiger partial charge in [-0.3, -0.25) is 4.79 Å². The lowest BCUT2D eigenvalue weighted by atomic mass is 9.94. The number of amides is 1. The highest BCUT2D eigenvalue weighted by atomic mass is 16.6. The number of fused-ring (bicyclic) bond motifs is 1. The van der Waals surface area contributed by atoms with Crippen molar-refractivity contribution in [1.82, 2.24) is 5.32 Å². The molecule has 1 aromatic carbocycles. The molecule has 0 bridgehead atoms. The number of hydrogen-bond donors (Lipinski definition) is 1. The Morgan fingerprint density at radius 2 is 2.00 bits per heavy atom. The van der Waals surface area contributed by atoms with Crippen molar-refractivity contribution in [1.29, 1.82) is 0 Å². The lowest BCUT2D eigenvalue weighted by Crippen LogP contribution is -2.35. The number of ether oxygens (including phenoxy) is 3. The number of rotatable bonds is 5. The molecule has 0 aromatic heterocycles. The van der Waals surface area contributed by atoms with Gasteiger partial charge >= 0.3 is 5.97 Å². The van der Waals surface area contributed by atoms with Gasteiger partial charge < -0.3 is 19.5 Å². The summed E-state index contributed by atoms with van der Waals surface area (Å²) in [4.78, 5) is 23.5. The number of carbonyl (C=O) groups is 2. The summed E-state index contributed by atoms with van der Waals surface area (Å²) in [7, 11) is 1.31. The molecule has 0 atom stereocenters. The maximum absolute atomic E-state index is 12.5. The number of benzene rings is 1. The molecule has 2 aliphatic rings. The molecule has 1 aliphatic carbocycles. The van der Waals surface area contributed by atoms with Crippen LogP contribution in [0.2, 0.25) is 0 Å². The molecule has 6 heteroatoms. The minimum absolute atomic E-state index is 0.0382. The van der Waals surface area contributed by atoms with Crippen molar-refractivity contribution < 1.29 is 23.8 Å². The van der Waals surface area contributed by atoms with Crippen LogP contribution in [0.25, 0.3) is 0 Å². The summed E-state index contributed by atoms with van der Waals surface area (Å²) >= 11 is 0. The normalized spacial score (nSPS) is 17.6.